The fourth-order valence-corrected chi connectivity index (χ4v) is 5.60. The van der Waals surface area contributed by atoms with Crippen LogP contribution in [0.4, 0.5) is 4.39 Å². The summed E-state index contributed by atoms with van der Waals surface area (Å²) in [5, 5.41) is 4.04. The van der Waals surface area contributed by atoms with Crippen molar-refractivity contribution in [3.8, 4) is 5.75 Å². The van der Waals surface area contributed by atoms with Gasteiger partial charge in [0.1, 0.15) is 0 Å². The highest BCUT2D eigenvalue weighted by molar-refractivity contribution is 7.20. The predicted molar refractivity (Wildman–Crippen MR) is 91.2 cm³/mol. The summed E-state index contributed by atoms with van der Waals surface area (Å²) in [6.07, 6.45) is 3.58. The van der Waals surface area contributed by atoms with Crippen LogP contribution in [0.15, 0.2) is 18.2 Å². The van der Waals surface area contributed by atoms with Crippen LogP contribution in [0.25, 0.3) is 10.1 Å². The third-order valence-electron chi connectivity index (χ3n) is 5.97. The topological polar surface area (TPSA) is 41.6 Å². The summed E-state index contributed by atoms with van der Waals surface area (Å²) in [7, 11) is 1.45. The standard InChI is InChI=1S/C18H19FN2O2S/c1-23-13-8-14-11(6-12(13)19)7-15(24-14)17(22)20-16-10-2-5-21(9-10)18(16)3-4-18/h6-8,10,16H,2-5,9H2,1H3,(H,20,22)/t10?,16-/m1/s1. The number of carbonyl (C=O) groups excluding carboxylic acids is 1. The van der Waals surface area contributed by atoms with Gasteiger partial charge in [-0.1, -0.05) is 0 Å². The number of piperidine rings is 1. The number of hydrogen-bond acceptors (Lipinski definition) is 4. The first-order valence-corrected chi connectivity index (χ1v) is 9.25. The van der Waals surface area contributed by atoms with Crippen molar-refractivity contribution in [2.45, 2.75) is 30.8 Å². The molecule has 2 bridgehead atoms. The molecule has 3 fully saturated rings. The Kier molecular flexibility index (Phi) is 3.01. The summed E-state index contributed by atoms with van der Waals surface area (Å²) >= 11 is 1.40. The predicted octanol–water partition coefficient (Wildman–Crippen LogP) is 3.02. The summed E-state index contributed by atoms with van der Waals surface area (Å²) < 4.78 is 19.7. The van der Waals surface area contributed by atoms with Crippen LogP contribution in [0.2, 0.25) is 0 Å². The second-order valence-corrected chi connectivity index (χ2v) is 8.27. The second kappa shape index (κ2) is 4.92. The molecule has 126 valence electrons. The quantitative estimate of drug-likeness (QED) is 0.929. The molecule has 1 amide bonds. The van der Waals surface area contributed by atoms with Gasteiger partial charge in [-0.25, -0.2) is 4.39 Å². The Hall–Kier alpha value is -1.66. The van der Waals surface area contributed by atoms with Crippen LogP contribution >= 0.6 is 11.3 Å². The molecular formula is C18H19FN2O2S. The van der Waals surface area contributed by atoms with E-state index in [1.807, 2.05) is 0 Å². The van der Waals surface area contributed by atoms with E-state index in [0.717, 1.165) is 16.6 Å². The summed E-state index contributed by atoms with van der Waals surface area (Å²) in [6, 6.07) is 5.16. The second-order valence-electron chi connectivity index (χ2n) is 7.18. The Morgan fingerprint density at radius 2 is 2.25 bits per heavy atom. The van der Waals surface area contributed by atoms with E-state index in [0.29, 0.717) is 10.8 Å². The Labute approximate surface area is 143 Å². The number of hydrogen-bond donors (Lipinski definition) is 1. The molecule has 1 aromatic carbocycles. The van der Waals surface area contributed by atoms with Gasteiger partial charge in [-0.2, -0.15) is 0 Å². The highest BCUT2D eigenvalue weighted by Crippen LogP contribution is 2.55. The van der Waals surface area contributed by atoms with E-state index in [4.69, 9.17) is 4.74 Å². The van der Waals surface area contributed by atoms with Crippen molar-refractivity contribution in [2.75, 3.05) is 20.2 Å². The Balaban J connectivity index is 1.42. The molecule has 1 aromatic heterocycles. The van der Waals surface area contributed by atoms with E-state index in [-0.39, 0.29) is 23.2 Å². The molecule has 6 heteroatoms. The third-order valence-corrected chi connectivity index (χ3v) is 7.06. The fraction of sp³-hybridized carbons (Fsp3) is 0.500. The normalized spacial score (nSPS) is 29.3. The first-order chi connectivity index (χ1) is 11.6. The molecule has 3 aliphatic rings. The van der Waals surface area contributed by atoms with Gasteiger partial charge >= 0.3 is 0 Å². The van der Waals surface area contributed by atoms with E-state index in [1.165, 1.54) is 50.3 Å². The van der Waals surface area contributed by atoms with E-state index < -0.39 is 5.82 Å². The molecule has 1 aliphatic carbocycles. The minimum atomic E-state index is -0.396. The van der Waals surface area contributed by atoms with E-state index in [9.17, 15) is 9.18 Å². The monoisotopic (exact) mass is 346 g/mol. The molecule has 24 heavy (non-hydrogen) atoms. The molecule has 0 radical (unpaired) electrons. The van der Waals surface area contributed by atoms with Crippen LogP contribution in [0.3, 0.4) is 0 Å². The Morgan fingerprint density at radius 1 is 1.42 bits per heavy atom. The third kappa shape index (κ3) is 1.96. The van der Waals surface area contributed by atoms with Crippen LogP contribution < -0.4 is 10.1 Å². The van der Waals surface area contributed by atoms with Crippen LogP contribution in [0.1, 0.15) is 28.9 Å². The van der Waals surface area contributed by atoms with Crippen molar-refractivity contribution in [1.82, 2.24) is 10.2 Å². The molecule has 5 rings (SSSR count). The minimum absolute atomic E-state index is 0.0272. The SMILES string of the molecule is COc1cc2sc(C(=O)N[C@@H]3C4CCN(C4)C34CC4)cc2cc1F. The zero-order valence-electron chi connectivity index (χ0n) is 13.5. The summed E-state index contributed by atoms with van der Waals surface area (Å²) in [6.45, 7) is 2.30. The molecule has 2 aromatic rings. The molecule has 2 saturated heterocycles. The summed E-state index contributed by atoms with van der Waals surface area (Å²) in [4.78, 5) is 16.0. The molecule has 3 atom stereocenters. The number of amides is 1. The van der Waals surface area contributed by atoms with Crippen molar-refractivity contribution in [1.29, 1.82) is 0 Å². The maximum atomic E-state index is 13.8. The van der Waals surface area contributed by atoms with E-state index in [1.54, 1.807) is 12.1 Å². The van der Waals surface area contributed by atoms with Crippen molar-refractivity contribution < 1.29 is 13.9 Å². The molecule has 1 N–H and O–H groups in total. The van der Waals surface area contributed by atoms with Gasteiger partial charge in [0.15, 0.2) is 11.6 Å². The van der Waals surface area contributed by atoms with Gasteiger partial charge in [0.05, 0.1) is 18.0 Å². The van der Waals surface area contributed by atoms with Crippen LogP contribution in [-0.4, -0.2) is 42.6 Å². The molecular weight excluding hydrogens is 327 g/mol. The van der Waals surface area contributed by atoms with Gasteiger partial charge in [-0.15, -0.1) is 11.3 Å². The first-order valence-electron chi connectivity index (χ1n) is 8.44. The lowest BCUT2D eigenvalue weighted by atomic mass is 9.92. The van der Waals surface area contributed by atoms with Gasteiger partial charge in [0.2, 0.25) is 0 Å². The van der Waals surface area contributed by atoms with Gasteiger partial charge < -0.3 is 10.1 Å². The first kappa shape index (κ1) is 14.7. The largest absolute Gasteiger partial charge is 0.494 e. The Bertz CT molecular complexity index is 845. The number of rotatable bonds is 3. The molecule has 3 heterocycles. The lowest BCUT2D eigenvalue weighted by Gasteiger charge is -2.33. The fourth-order valence-electron chi connectivity index (χ4n) is 4.63. The number of halogens is 1. The zero-order chi connectivity index (χ0) is 16.5. The van der Waals surface area contributed by atoms with Gasteiger partial charge in [0.25, 0.3) is 5.91 Å². The smallest absolute Gasteiger partial charge is 0.261 e. The van der Waals surface area contributed by atoms with Gasteiger partial charge in [-0.05, 0) is 49.2 Å². The number of fused-ring (bicyclic) bond motifs is 4. The maximum Gasteiger partial charge on any atom is 0.261 e. The average molecular weight is 346 g/mol. The molecule has 2 unspecified atom stereocenters. The lowest BCUT2D eigenvalue weighted by molar-refractivity contribution is 0.0896. The van der Waals surface area contributed by atoms with Crippen LogP contribution in [-0.2, 0) is 0 Å². The van der Waals surface area contributed by atoms with Crippen molar-refractivity contribution in [3.63, 3.8) is 0 Å². The minimum Gasteiger partial charge on any atom is -0.494 e. The van der Waals surface area contributed by atoms with E-state index in [2.05, 4.69) is 10.2 Å². The van der Waals surface area contributed by atoms with Crippen molar-refractivity contribution in [2.24, 2.45) is 5.92 Å². The number of carbonyl (C=O) groups is 1. The number of thiophene rings is 1. The van der Waals surface area contributed by atoms with Crippen molar-refractivity contribution in [3.05, 3.63) is 28.9 Å². The van der Waals surface area contributed by atoms with Gasteiger partial charge in [-0.3, -0.25) is 9.69 Å². The number of ether oxygens (including phenoxy) is 1. The number of nitrogens with one attached hydrogen (secondary N) is 1. The average Bonchev–Trinajstić information content (AvgIpc) is 2.95. The van der Waals surface area contributed by atoms with Crippen LogP contribution in [0, 0.1) is 11.7 Å². The molecule has 4 nitrogen and oxygen atoms in total. The molecule has 1 saturated carbocycles. The van der Waals surface area contributed by atoms with Gasteiger partial charge in [0, 0.05) is 22.8 Å². The Morgan fingerprint density at radius 3 is 3.00 bits per heavy atom. The molecule has 1 spiro atoms. The number of methoxy groups -OCH3 is 1. The summed E-state index contributed by atoms with van der Waals surface area (Å²) in [5.74, 6) is 0.380. The lowest BCUT2D eigenvalue weighted by Crippen LogP contribution is -2.51. The molecule has 2 aliphatic heterocycles. The van der Waals surface area contributed by atoms with Crippen LogP contribution in [0.5, 0.6) is 5.75 Å². The number of nitrogens with zero attached hydrogens (tertiary/aromatic N) is 1. The zero-order valence-corrected chi connectivity index (χ0v) is 14.3. The summed E-state index contributed by atoms with van der Waals surface area (Å²) in [5.41, 5.74) is 0.241. The highest BCUT2D eigenvalue weighted by Gasteiger charge is 2.63. The number of benzene rings is 1. The maximum absolute atomic E-state index is 13.8. The van der Waals surface area contributed by atoms with Crippen molar-refractivity contribution >= 4 is 27.3 Å². The highest BCUT2D eigenvalue weighted by atomic mass is 32.1. The van der Waals surface area contributed by atoms with E-state index >= 15 is 0 Å².